The lowest BCUT2D eigenvalue weighted by molar-refractivity contribution is 0.577. The van der Waals surface area contributed by atoms with Gasteiger partial charge in [-0.05, 0) is 31.1 Å². The van der Waals surface area contributed by atoms with Crippen molar-refractivity contribution in [1.82, 2.24) is 0 Å². The van der Waals surface area contributed by atoms with Crippen LogP contribution in [0, 0.1) is 6.92 Å². The highest BCUT2D eigenvalue weighted by atomic mass is 35.5. The predicted octanol–water partition coefficient (Wildman–Crippen LogP) is 5.21. The van der Waals surface area contributed by atoms with E-state index in [4.69, 9.17) is 16.0 Å². The van der Waals surface area contributed by atoms with Crippen LogP contribution in [0.2, 0.25) is 5.02 Å². The van der Waals surface area contributed by atoms with Crippen LogP contribution in [-0.2, 0) is 0 Å². The molecule has 0 N–H and O–H groups in total. The highest BCUT2D eigenvalue weighted by Gasteiger charge is 2.15. The summed E-state index contributed by atoms with van der Waals surface area (Å²) in [5.74, 6) is 0.904. The number of hydrogen-bond donors (Lipinski definition) is 0. The summed E-state index contributed by atoms with van der Waals surface area (Å²) in [5.41, 5.74) is 3.03. The van der Waals surface area contributed by atoms with Crippen LogP contribution in [0.25, 0.3) is 16.5 Å². The monoisotopic (exact) mass is 234 g/mol. The van der Waals surface area contributed by atoms with Crippen LogP contribution in [0.15, 0.2) is 29.2 Å². The Balaban J connectivity index is 2.68. The Morgan fingerprint density at radius 3 is 2.88 bits per heavy atom. The number of halogens is 1. The molecule has 0 fully saturated rings. The highest BCUT2D eigenvalue weighted by Crippen LogP contribution is 2.36. The molecule has 0 amide bonds. The Kier molecular flexibility index (Phi) is 3.06. The summed E-state index contributed by atoms with van der Waals surface area (Å²) in [7, 11) is 0. The Morgan fingerprint density at radius 1 is 1.44 bits per heavy atom. The molecule has 1 aromatic carbocycles. The van der Waals surface area contributed by atoms with Crippen LogP contribution in [0.3, 0.4) is 0 Å². The quantitative estimate of drug-likeness (QED) is 0.711. The molecule has 0 atom stereocenters. The zero-order valence-corrected chi connectivity index (χ0v) is 10.4. The minimum absolute atomic E-state index is 0.738. The Bertz CT molecular complexity index is 537. The van der Waals surface area contributed by atoms with Crippen molar-refractivity contribution in [3.63, 3.8) is 0 Å². The van der Waals surface area contributed by atoms with Crippen molar-refractivity contribution in [3.8, 4) is 0 Å². The van der Waals surface area contributed by atoms with Gasteiger partial charge in [-0.15, -0.1) is 0 Å². The average Bonchev–Trinajstić information content (AvgIpc) is 2.56. The largest absolute Gasteiger partial charge is 0.461 e. The molecule has 2 aromatic rings. The van der Waals surface area contributed by atoms with Gasteiger partial charge in [0.15, 0.2) is 0 Å². The van der Waals surface area contributed by atoms with E-state index in [0.29, 0.717) is 0 Å². The molecule has 0 bridgehead atoms. The minimum Gasteiger partial charge on any atom is -0.461 e. The third-order valence-corrected chi connectivity index (χ3v) is 3.06. The predicted molar refractivity (Wildman–Crippen MR) is 69.9 cm³/mol. The molecule has 2 rings (SSSR count). The van der Waals surface area contributed by atoms with Crippen LogP contribution in [-0.4, -0.2) is 0 Å². The molecule has 1 heterocycles. The van der Waals surface area contributed by atoms with Gasteiger partial charge in [0.05, 0.1) is 5.02 Å². The van der Waals surface area contributed by atoms with Gasteiger partial charge < -0.3 is 4.42 Å². The lowest BCUT2D eigenvalue weighted by Crippen LogP contribution is -1.84. The lowest BCUT2D eigenvalue weighted by atomic mass is 10.00. The third-order valence-electron chi connectivity index (χ3n) is 2.75. The maximum Gasteiger partial charge on any atom is 0.136 e. The number of benzene rings is 1. The molecule has 1 aromatic heterocycles. The lowest BCUT2D eigenvalue weighted by Gasteiger charge is -2.03. The number of rotatable bonds is 3. The summed E-state index contributed by atoms with van der Waals surface area (Å²) < 4.78 is 5.70. The van der Waals surface area contributed by atoms with Gasteiger partial charge in [-0.3, -0.25) is 0 Å². The summed E-state index contributed by atoms with van der Waals surface area (Å²) in [5, 5.41) is 1.74. The standard InChI is InChI=1S/C14H15ClO/c1-4-6-9(2)13-10(3)16-12-8-5-7-11(15)14(12)13/h5,7-8H,2,4,6H2,1,3H3. The second-order valence-corrected chi connectivity index (χ2v) is 4.41. The average molecular weight is 235 g/mol. The number of allylic oxidation sites excluding steroid dienone is 1. The molecule has 16 heavy (non-hydrogen) atoms. The van der Waals surface area contributed by atoms with Crippen molar-refractivity contribution in [3.05, 3.63) is 41.1 Å². The molecule has 0 aliphatic heterocycles. The first-order valence-corrected chi connectivity index (χ1v) is 5.88. The molecule has 1 nitrogen and oxygen atoms in total. The molecule has 0 unspecified atom stereocenters. The fourth-order valence-corrected chi connectivity index (χ4v) is 2.34. The van der Waals surface area contributed by atoms with E-state index in [1.54, 1.807) is 0 Å². The van der Waals surface area contributed by atoms with Crippen molar-refractivity contribution >= 4 is 28.1 Å². The zero-order valence-electron chi connectivity index (χ0n) is 9.64. The molecule has 2 heteroatoms. The normalized spacial score (nSPS) is 10.9. The van der Waals surface area contributed by atoms with Gasteiger partial charge in [0, 0.05) is 10.9 Å². The van der Waals surface area contributed by atoms with Gasteiger partial charge in [0.2, 0.25) is 0 Å². The molecule has 0 radical (unpaired) electrons. The van der Waals surface area contributed by atoms with Gasteiger partial charge in [-0.1, -0.05) is 37.6 Å². The van der Waals surface area contributed by atoms with Gasteiger partial charge in [0.25, 0.3) is 0 Å². The van der Waals surface area contributed by atoms with Crippen molar-refractivity contribution in [2.75, 3.05) is 0 Å². The number of hydrogen-bond acceptors (Lipinski definition) is 1. The number of furan rings is 1. The molecule has 0 saturated heterocycles. The maximum atomic E-state index is 6.22. The summed E-state index contributed by atoms with van der Waals surface area (Å²) >= 11 is 6.22. The smallest absolute Gasteiger partial charge is 0.136 e. The van der Waals surface area contributed by atoms with E-state index in [9.17, 15) is 0 Å². The Hall–Kier alpha value is -1.21. The van der Waals surface area contributed by atoms with Crippen molar-refractivity contribution in [2.24, 2.45) is 0 Å². The van der Waals surface area contributed by atoms with Crippen molar-refractivity contribution in [2.45, 2.75) is 26.7 Å². The second kappa shape index (κ2) is 4.34. The summed E-state index contributed by atoms with van der Waals surface area (Å²) in [6.45, 7) is 8.23. The van der Waals surface area contributed by atoms with Crippen molar-refractivity contribution < 1.29 is 4.42 Å². The molecular formula is C14H15ClO. The number of aryl methyl sites for hydroxylation is 1. The van der Waals surface area contributed by atoms with Crippen LogP contribution in [0.5, 0.6) is 0 Å². The van der Waals surface area contributed by atoms with Gasteiger partial charge in [-0.2, -0.15) is 0 Å². The van der Waals surface area contributed by atoms with Crippen LogP contribution in [0.4, 0.5) is 0 Å². The number of fused-ring (bicyclic) bond motifs is 1. The summed E-state index contributed by atoms with van der Waals surface area (Å²) in [4.78, 5) is 0. The zero-order chi connectivity index (χ0) is 11.7. The molecule has 0 spiro atoms. The molecule has 0 saturated carbocycles. The van der Waals surface area contributed by atoms with E-state index < -0.39 is 0 Å². The first kappa shape index (κ1) is 11.3. The molecule has 0 aliphatic carbocycles. The maximum absolute atomic E-state index is 6.22. The van der Waals surface area contributed by atoms with Gasteiger partial charge >= 0.3 is 0 Å². The molecule has 0 aliphatic rings. The summed E-state index contributed by atoms with van der Waals surface area (Å²) in [6, 6.07) is 5.73. The fourth-order valence-electron chi connectivity index (χ4n) is 2.08. The first-order valence-electron chi connectivity index (χ1n) is 5.51. The SMILES string of the molecule is C=C(CCC)c1c(C)oc2cccc(Cl)c12. The molecular weight excluding hydrogens is 220 g/mol. The van der Waals surface area contributed by atoms with Crippen LogP contribution >= 0.6 is 11.6 Å². The van der Waals surface area contributed by atoms with E-state index in [-0.39, 0.29) is 0 Å². The van der Waals surface area contributed by atoms with E-state index in [0.717, 1.165) is 45.7 Å². The molecule has 84 valence electrons. The van der Waals surface area contributed by atoms with E-state index in [1.165, 1.54) is 0 Å². The third kappa shape index (κ3) is 1.76. The second-order valence-electron chi connectivity index (χ2n) is 4.00. The summed E-state index contributed by atoms with van der Waals surface area (Å²) in [6.07, 6.45) is 2.05. The Morgan fingerprint density at radius 2 is 2.19 bits per heavy atom. The highest BCUT2D eigenvalue weighted by molar-refractivity contribution is 6.36. The van der Waals surface area contributed by atoms with Gasteiger partial charge in [0.1, 0.15) is 11.3 Å². The topological polar surface area (TPSA) is 13.1 Å². The van der Waals surface area contributed by atoms with Gasteiger partial charge in [-0.25, -0.2) is 0 Å². The van der Waals surface area contributed by atoms with E-state index in [1.807, 2.05) is 25.1 Å². The first-order chi connectivity index (χ1) is 7.65. The minimum atomic E-state index is 0.738. The Labute approximate surface area is 101 Å². The van der Waals surface area contributed by atoms with E-state index >= 15 is 0 Å². The van der Waals surface area contributed by atoms with E-state index in [2.05, 4.69) is 13.5 Å². The van der Waals surface area contributed by atoms with Crippen molar-refractivity contribution in [1.29, 1.82) is 0 Å². The van der Waals surface area contributed by atoms with Crippen LogP contribution in [0.1, 0.15) is 31.1 Å². The van der Waals surface area contributed by atoms with Crippen LogP contribution < -0.4 is 0 Å². The fraction of sp³-hybridized carbons (Fsp3) is 0.286.